The summed E-state index contributed by atoms with van der Waals surface area (Å²) in [5.41, 5.74) is 1.31. The highest BCUT2D eigenvalue weighted by atomic mass is 16.4. The third-order valence-corrected chi connectivity index (χ3v) is 4.88. The summed E-state index contributed by atoms with van der Waals surface area (Å²) >= 11 is 0. The van der Waals surface area contributed by atoms with Crippen LogP contribution in [0.15, 0.2) is 18.2 Å². The second kappa shape index (κ2) is 7.79. The van der Waals surface area contributed by atoms with Gasteiger partial charge in [-0.15, -0.1) is 0 Å². The van der Waals surface area contributed by atoms with Crippen molar-refractivity contribution in [1.82, 2.24) is 15.1 Å². The molecule has 2 aliphatic heterocycles. The van der Waals surface area contributed by atoms with E-state index in [0.717, 1.165) is 0 Å². The molecule has 3 rings (SSSR count). The fraction of sp³-hybridized carbons (Fsp3) is 0.421. The molecule has 0 aliphatic carbocycles. The summed E-state index contributed by atoms with van der Waals surface area (Å²) in [6.45, 7) is 1.92. The molecule has 2 aliphatic rings. The van der Waals surface area contributed by atoms with Crippen molar-refractivity contribution in [3.05, 3.63) is 34.9 Å². The van der Waals surface area contributed by atoms with E-state index in [1.165, 1.54) is 21.9 Å². The molecule has 0 saturated carbocycles. The first-order chi connectivity index (χ1) is 13.3. The molecule has 0 aromatic heterocycles. The van der Waals surface area contributed by atoms with Gasteiger partial charge in [-0.1, -0.05) is 6.92 Å². The maximum Gasteiger partial charge on any atom is 0.323 e. The average molecular weight is 387 g/mol. The van der Waals surface area contributed by atoms with Gasteiger partial charge in [-0.25, -0.2) is 0 Å². The van der Waals surface area contributed by atoms with Crippen LogP contribution in [0.1, 0.15) is 52.5 Å². The molecule has 1 aromatic rings. The highest BCUT2D eigenvalue weighted by Crippen LogP contribution is 2.28. The number of carbonyl (C=O) groups excluding carboxylic acids is 4. The Hall–Kier alpha value is -3.23. The van der Waals surface area contributed by atoms with Crippen molar-refractivity contribution in [3.8, 4) is 0 Å². The normalized spacial score (nSPS) is 18.7. The maximum atomic E-state index is 12.7. The van der Waals surface area contributed by atoms with Gasteiger partial charge in [-0.2, -0.15) is 0 Å². The molecule has 0 bridgehead atoms. The summed E-state index contributed by atoms with van der Waals surface area (Å²) in [6, 6.07) is 3.88. The molecule has 1 aromatic carbocycles. The van der Waals surface area contributed by atoms with E-state index in [2.05, 4.69) is 5.32 Å². The van der Waals surface area contributed by atoms with E-state index in [1.807, 2.05) is 6.92 Å². The molecular weight excluding hydrogens is 366 g/mol. The van der Waals surface area contributed by atoms with Crippen molar-refractivity contribution < 1.29 is 29.1 Å². The lowest BCUT2D eigenvalue weighted by atomic mass is 10.0. The summed E-state index contributed by atoms with van der Waals surface area (Å²) in [7, 11) is 0. The van der Waals surface area contributed by atoms with E-state index in [4.69, 9.17) is 5.11 Å². The smallest absolute Gasteiger partial charge is 0.323 e. The summed E-state index contributed by atoms with van der Waals surface area (Å²) in [5, 5.41) is 11.3. The monoisotopic (exact) mass is 387 g/mol. The summed E-state index contributed by atoms with van der Waals surface area (Å²) < 4.78 is 0. The van der Waals surface area contributed by atoms with Crippen LogP contribution in [0.25, 0.3) is 0 Å². The fourth-order valence-corrected chi connectivity index (χ4v) is 3.58. The van der Waals surface area contributed by atoms with Crippen LogP contribution in [0.4, 0.5) is 0 Å². The van der Waals surface area contributed by atoms with Gasteiger partial charge in [0, 0.05) is 30.6 Å². The topological polar surface area (TPSA) is 124 Å². The van der Waals surface area contributed by atoms with Crippen molar-refractivity contribution in [1.29, 1.82) is 0 Å². The Balaban J connectivity index is 1.81. The van der Waals surface area contributed by atoms with Crippen LogP contribution in [-0.4, -0.2) is 63.6 Å². The number of nitrogens with zero attached hydrogens (tertiary/aromatic N) is 2. The van der Waals surface area contributed by atoms with E-state index >= 15 is 0 Å². The van der Waals surface area contributed by atoms with E-state index in [-0.39, 0.29) is 31.2 Å². The number of carboxylic acids is 1. The van der Waals surface area contributed by atoms with Crippen molar-refractivity contribution in [2.24, 2.45) is 0 Å². The Labute approximate surface area is 161 Å². The number of imide groups is 1. The Morgan fingerprint density at radius 1 is 1.29 bits per heavy atom. The molecule has 148 valence electrons. The highest BCUT2D eigenvalue weighted by molar-refractivity contribution is 6.06. The van der Waals surface area contributed by atoms with E-state index in [1.54, 1.807) is 6.07 Å². The van der Waals surface area contributed by atoms with Crippen molar-refractivity contribution >= 4 is 29.6 Å². The van der Waals surface area contributed by atoms with Gasteiger partial charge in [-0.3, -0.25) is 29.3 Å². The molecule has 0 radical (unpaired) electrons. The van der Waals surface area contributed by atoms with Crippen LogP contribution in [0.2, 0.25) is 0 Å². The van der Waals surface area contributed by atoms with Crippen molar-refractivity contribution in [3.63, 3.8) is 0 Å². The summed E-state index contributed by atoms with van der Waals surface area (Å²) in [5.74, 6) is -2.68. The average Bonchev–Trinajstić information content (AvgIpc) is 2.96. The van der Waals surface area contributed by atoms with Crippen molar-refractivity contribution in [2.75, 3.05) is 13.1 Å². The summed E-state index contributed by atoms with van der Waals surface area (Å²) in [4.78, 5) is 62.4. The fourth-order valence-electron chi connectivity index (χ4n) is 3.58. The van der Waals surface area contributed by atoms with Gasteiger partial charge in [0.25, 0.3) is 11.8 Å². The molecule has 1 saturated heterocycles. The van der Waals surface area contributed by atoms with Gasteiger partial charge < -0.3 is 14.9 Å². The Morgan fingerprint density at radius 2 is 2.04 bits per heavy atom. The molecule has 0 spiro atoms. The molecular formula is C19H21N3O6. The summed E-state index contributed by atoms with van der Waals surface area (Å²) in [6.07, 6.45) is 1.05. The number of nitrogens with one attached hydrogen (secondary N) is 1. The number of benzene rings is 1. The zero-order valence-electron chi connectivity index (χ0n) is 15.4. The number of hydrogen-bond acceptors (Lipinski definition) is 5. The zero-order chi connectivity index (χ0) is 20.4. The van der Waals surface area contributed by atoms with Gasteiger partial charge >= 0.3 is 5.97 Å². The quantitative estimate of drug-likeness (QED) is 0.680. The van der Waals surface area contributed by atoms with Gasteiger partial charge in [0.1, 0.15) is 12.6 Å². The van der Waals surface area contributed by atoms with E-state index in [9.17, 15) is 24.0 Å². The lowest BCUT2D eigenvalue weighted by Gasteiger charge is -2.29. The molecule has 9 nitrogen and oxygen atoms in total. The molecule has 1 atom stereocenters. The molecule has 1 fully saturated rings. The predicted molar refractivity (Wildman–Crippen MR) is 96.3 cm³/mol. The number of carbonyl (C=O) groups is 5. The molecule has 28 heavy (non-hydrogen) atoms. The van der Waals surface area contributed by atoms with Crippen LogP contribution < -0.4 is 5.32 Å². The standard InChI is InChI=1S/C19H21N3O6/c1-2-7-21(10-16(24)25)18(27)11-3-4-13-12(8-11)9-22(19(13)28)14-5-6-15(23)20-17(14)26/h3-4,8,14H,2,5-7,9-10H2,1H3,(H,24,25)(H,20,23,26). The third kappa shape index (κ3) is 3.73. The van der Waals surface area contributed by atoms with Crippen LogP contribution in [0.3, 0.4) is 0 Å². The molecule has 2 heterocycles. The van der Waals surface area contributed by atoms with Crippen LogP contribution >= 0.6 is 0 Å². The molecule has 2 N–H and O–H groups in total. The SMILES string of the molecule is CCCN(CC(=O)O)C(=O)c1ccc2c(c1)CN(C1CCC(=O)NC1=O)C2=O. The highest BCUT2D eigenvalue weighted by Gasteiger charge is 2.39. The lowest BCUT2D eigenvalue weighted by molar-refractivity contribution is -0.138. The lowest BCUT2D eigenvalue weighted by Crippen LogP contribution is -2.52. The van der Waals surface area contributed by atoms with E-state index < -0.39 is 30.4 Å². The number of hydrogen-bond donors (Lipinski definition) is 2. The Morgan fingerprint density at radius 3 is 2.68 bits per heavy atom. The number of piperidine rings is 1. The first-order valence-electron chi connectivity index (χ1n) is 9.10. The minimum atomic E-state index is -1.10. The van der Waals surface area contributed by atoms with Crippen LogP contribution in [-0.2, 0) is 20.9 Å². The molecule has 4 amide bonds. The van der Waals surface area contributed by atoms with Gasteiger partial charge in [0.2, 0.25) is 11.8 Å². The first kappa shape index (κ1) is 19.5. The predicted octanol–water partition coefficient (Wildman–Crippen LogP) is 0.384. The zero-order valence-corrected chi connectivity index (χ0v) is 15.4. The number of aliphatic carboxylic acids is 1. The largest absolute Gasteiger partial charge is 0.480 e. The number of amides is 4. The van der Waals surface area contributed by atoms with Crippen LogP contribution in [0, 0.1) is 0 Å². The minimum Gasteiger partial charge on any atom is -0.480 e. The van der Waals surface area contributed by atoms with Gasteiger partial charge in [-0.05, 0) is 36.6 Å². The second-order valence-corrected chi connectivity index (χ2v) is 6.89. The first-order valence-corrected chi connectivity index (χ1v) is 9.10. The van der Waals surface area contributed by atoms with Crippen LogP contribution in [0.5, 0.6) is 0 Å². The number of fused-ring (bicyclic) bond motifs is 1. The third-order valence-electron chi connectivity index (χ3n) is 4.88. The molecule has 9 heteroatoms. The molecule has 1 unspecified atom stereocenters. The minimum absolute atomic E-state index is 0.161. The van der Waals surface area contributed by atoms with E-state index in [0.29, 0.717) is 29.7 Å². The second-order valence-electron chi connectivity index (χ2n) is 6.89. The van der Waals surface area contributed by atoms with Gasteiger partial charge in [0.15, 0.2) is 0 Å². The van der Waals surface area contributed by atoms with Gasteiger partial charge in [0.05, 0.1) is 0 Å². The maximum absolute atomic E-state index is 12.7. The number of carboxylic acid groups (broad SMARTS) is 1. The number of rotatable bonds is 6. The Bertz CT molecular complexity index is 865. The van der Waals surface area contributed by atoms with Crippen molar-refractivity contribution in [2.45, 2.75) is 38.8 Å². The Kier molecular flexibility index (Phi) is 5.43.